The Hall–Kier alpha value is -1.69. The average Bonchev–Trinajstić information content (AvgIpc) is 2.75. The zero-order valence-corrected chi connectivity index (χ0v) is 12.4. The van der Waals surface area contributed by atoms with Crippen LogP contribution in [0.5, 0.6) is 0 Å². The molecule has 0 aliphatic heterocycles. The highest BCUT2D eigenvalue weighted by Crippen LogP contribution is 2.16. The normalized spacial score (nSPS) is 12.1. The number of carbonyl (C=O) groups is 1. The molecule has 0 bridgehead atoms. The molecule has 0 spiro atoms. The van der Waals surface area contributed by atoms with Crippen molar-refractivity contribution in [3.8, 4) is 0 Å². The predicted octanol–water partition coefficient (Wildman–Crippen LogP) is 3.22. The van der Waals surface area contributed by atoms with E-state index in [0.717, 1.165) is 16.3 Å². The summed E-state index contributed by atoms with van der Waals surface area (Å²) in [5.41, 5.74) is 1.01. The fourth-order valence-electron chi connectivity index (χ4n) is 1.29. The molecule has 0 saturated heterocycles. The average molecular weight is 281 g/mol. The van der Waals surface area contributed by atoms with Gasteiger partial charge in [0.2, 0.25) is 0 Å². The second-order valence-corrected chi connectivity index (χ2v) is 5.81. The highest BCUT2D eigenvalue weighted by Gasteiger charge is 2.16. The van der Waals surface area contributed by atoms with Crippen molar-refractivity contribution in [2.24, 2.45) is 0 Å². The van der Waals surface area contributed by atoms with Crippen LogP contribution in [0.15, 0.2) is 11.5 Å². The minimum absolute atomic E-state index is 0.328. The standard InChI is InChI=1S/C13H19N3O2S/c1-5-9(6-14)10-8-19-11(16-10)7-15-12(17)18-13(2,3)4/h5-6,8,14H,7H2,1-4H3,(H,15,17)/b9-5+,14-6?. The molecule has 0 radical (unpaired) electrons. The number of carbonyl (C=O) groups excluding carboxylic acids is 1. The lowest BCUT2D eigenvalue weighted by Gasteiger charge is -2.19. The lowest BCUT2D eigenvalue weighted by Crippen LogP contribution is -2.32. The first-order valence-corrected chi connectivity index (χ1v) is 6.82. The summed E-state index contributed by atoms with van der Waals surface area (Å²) < 4.78 is 5.14. The van der Waals surface area contributed by atoms with E-state index >= 15 is 0 Å². The first kappa shape index (κ1) is 15.4. The number of amides is 1. The van der Waals surface area contributed by atoms with Crippen molar-refractivity contribution in [2.45, 2.75) is 39.8 Å². The first-order valence-electron chi connectivity index (χ1n) is 5.94. The topological polar surface area (TPSA) is 75.1 Å². The van der Waals surface area contributed by atoms with Gasteiger partial charge in [0.25, 0.3) is 0 Å². The lowest BCUT2D eigenvalue weighted by molar-refractivity contribution is 0.0523. The van der Waals surface area contributed by atoms with Gasteiger partial charge in [-0.25, -0.2) is 9.78 Å². The van der Waals surface area contributed by atoms with E-state index in [1.165, 1.54) is 17.6 Å². The summed E-state index contributed by atoms with van der Waals surface area (Å²) in [6.07, 6.45) is 2.63. The van der Waals surface area contributed by atoms with Crippen LogP contribution in [0, 0.1) is 5.41 Å². The zero-order valence-electron chi connectivity index (χ0n) is 11.6. The van der Waals surface area contributed by atoms with Crippen LogP contribution in [-0.2, 0) is 11.3 Å². The molecule has 5 nitrogen and oxygen atoms in total. The summed E-state index contributed by atoms with van der Waals surface area (Å²) in [6, 6.07) is 0. The van der Waals surface area contributed by atoms with E-state index in [9.17, 15) is 4.79 Å². The van der Waals surface area contributed by atoms with Gasteiger partial charge in [-0.3, -0.25) is 0 Å². The molecular weight excluding hydrogens is 262 g/mol. The van der Waals surface area contributed by atoms with E-state index < -0.39 is 11.7 Å². The van der Waals surface area contributed by atoms with Gasteiger partial charge in [0, 0.05) is 17.2 Å². The second kappa shape index (κ2) is 6.47. The van der Waals surface area contributed by atoms with Crippen LogP contribution >= 0.6 is 11.3 Å². The van der Waals surface area contributed by atoms with Crippen LogP contribution in [0.3, 0.4) is 0 Å². The molecule has 104 valence electrons. The quantitative estimate of drug-likeness (QED) is 0.832. The van der Waals surface area contributed by atoms with Crippen molar-refractivity contribution >= 4 is 29.2 Å². The number of allylic oxidation sites excluding steroid dienone is 2. The zero-order chi connectivity index (χ0) is 14.5. The molecule has 0 saturated carbocycles. The molecule has 0 fully saturated rings. The SMILES string of the molecule is C/C=C(\C=N)c1csc(CNC(=O)OC(C)(C)C)n1. The van der Waals surface area contributed by atoms with Crippen molar-refractivity contribution in [3.05, 3.63) is 22.2 Å². The molecule has 1 amide bonds. The van der Waals surface area contributed by atoms with Gasteiger partial charge in [-0.05, 0) is 27.7 Å². The monoisotopic (exact) mass is 281 g/mol. The molecule has 6 heteroatoms. The summed E-state index contributed by atoms with van der Waals surface area (Å²) in [7, 11) is 0. The molecule has 0 aliphatic rings. The highest BCUT2D eigenvalue weighted by atomic mass is 32.1. The van der Waals surface area contributed by atoms with Gasteiger partial charge in [0.15, 0.2) is 0 Å². The minimum atomic E-state index is -0.504. The number of rotatable bonds is 4. The highest BCUT2D eigenvalue weighted by molar-refractivity contribution is 7.09. The largest absolute Gasteiger partial charge is 0.444 e. The van der Waals surface area contributed by atoms with E-state index in [4.69, 9.17) is 10.1 Å². The fourth-order valence-corrected chi connectivity index (χ4v) is 2.03. The molecule has 1 rings (SSSR count). The Balaban J connectivity index is 2.56. The molecule has 0 unspecified atom stereocenters. The van der Waals surface area contributed by atoms with Gasteiger partial charge in [-0.15, -0.1) is 11.3 Å². The van der Waals surface area contributed by atoms with Gasteiger partial charge in [0.05, 0.1) is 12.2 Å². The number of hydrogen-bond donors (Lipinski definition) is 2. The number of nitrogens with zero attached hydrogens (tertiary/aromatic N) is 1. The summed E-state index contributed by atoms with van der Waals surface area (Å²) in [5.74, 6) is 0. The van der Waals surface area contributed by atoms with Crippen molar-refractivity contribution in [2.75, 3.05) is 0 Å². The van der Waals surface area contributed by atoms with E-state index in [1.54, 1.807) is 0 Å². The van der Waals surface area contributed by atoms with E-state index in [0.29, 0.717) is 6.54 Å². The van der Waals surface area contributed by atoms with Crippen molar-refractivity contribution in [3.63, 3.8) is 0 Å². The summed E-state index contributed by atoms with van der Waals surface area (Å²) in [5, 5.41) is 12.6. The first-order chi connectivity index (χ1) is 8.85. The lowest BCUT2D eigenvalue weighted by atomic mass is 10.2. The predicted molar refractivity (Wildman–Crippen MR) is 77.6 cm³/mol. The number of nitrogens with one attached hydrogen (secondary N) is 2. The van der Waals surface area contributed by atoms with Gasteiger partial charge < -0.3 is 15.5 Å². The molecule has 1 aromatic rings. The molecule has 1 heterocycles. The van der Waals surface area contributed by atoms with Crippen LogP contribution in [-0.4, -0.2) is 22.9 Å². The van der Waals surface area contributed by atoms with Crippen LogP contribution in [0.4, 0.5) is 4.79 Å². The third-order valence-corrected chi connectivity index (χ3v) is 2.95. The fraction of sp³-hybridized carbons (Fsp3) is 0.462. The summed E-state index contributed by atoms with van der Waals surface area (Å²) in [6.45, 7) is 7.64. The number of alkyl carbamates (subject to hydrolysis) is 1. The summed E-state index contributed by atoms with van der Waals surface area (Å²) >= 11 is 1.44. The molecule has 0 aliphatic carbocycles. The molecule has 0 aromatic carbocycles. The molecule has 19 heavy (non-hydrogen) atoms. The summed E-state index contributed by atoms with van der Waals surface area (Å²) in [4.78, 5) is 15.8. The number of hydrogen-bond acceptors (Lipinski definition) is 5. The maximum Gasteiger partial charge on any atom is 0.408 e. The third kappa shape index (κ3) is 5.21. The van der Waals surface area contributed by atoms with Crippen LogP contribution < -0.4 is 5.32 Å². The Kier molecular flexibility index (Phi) is 5.23. The van der Waals surface area contributed by atoms with Gasteiger partial charge in [0.1, 0.15) is 10.6 Å². The Morgan fingerprint density at radius 2 is 2.26 bits per heavy atom. The molecule has 1 aromatic heterocycles. The van der Waals surface area contributed by atoms with Crippen LogP contribution in [0.2, 0.25) is 0 Å². The molecular formula is C13H19N3O2S. The van der Waals surface area contributed by atoms with Crippen LogP contribution in [0.25, 0.3) is 5.57 Å². The van der Waals surface area contributed by atoms with E-state index in [2.05, 4.69) is 10.3 Å². The van der Waals surface area contributed by atoms with Crippen LogP contribution in [0.1, 0.15) is 38.4 Å². The van der Waals surface area contributed by atoms with Crippen molar-refractivity contribution in [1.82, 2.24) is 10.3 Å². The Morgan fingerprint density at radius 1 is 1.58 bits per heavy atom. The second-order valence-electron chi connectivity index (χ2n) is 4.87. The number of thiazole rings is 1. The van der Waals surface area contributed by atoms with Crippen molar-refractivity contribution < 1.29 is 9.53 Å². The number of aromatic nitrogens is 1. The minimum Gasteiger partial charge on any atom is -0.444 e. The van der Waals surface area contributed by atoms with Gasteiger partial charge in [-0.1, -0.05) is 6.08 Å². The Morgan fingerprint density at radius 3 is 2.79 bits per heavy atom. The Bertz CT molecular complexity index is 486. The Labute approximate surface area is 117 Å². The third-order valence-electron chi connectivity index (χ3n) is 2.10. The van der Waals surface area contributed by atoms with E-state index in [1.807, 2.05) is 39.2 Å². The van der Waals surface area contributed by atoms with Gasteiger partial charge >= 0.3 is 6.09 Å². The van der Waals surface area contributed by atoms with E-state index in [-0.39, 0.29) is 0 Å². The van der Waals surface area contributed by atoms with Crippen molar-refractivity contribution in [1.29, 1.82) is 5.41 Å². The molecule has 0 atom stereocenters. The maximum absolute atomic E-state index is 11.5. The smallest absolute Gasteiger partial charge is 0.408 e. The van der Waals surface area contributed by atoms with Gasteiger partial charge in [-0.2, -0.15) is 0 Å². The molecule has 2 N–H and O–H groups in total. The number of ether oxygens (including phenoxy) is 1. The maximum atomic E-state index is 11.5.